The molecule has 0 unspecified atom stereocenters. The minimum Gasteiger partial charge on any atom is -0.862 e. The van der Waals surface area contributed by atoms with Crippen molar-refractivity contribution in [3.05, 3.63) is 31.5 Å². The molecule has 1 rings (SSSR count). The zero-order valence-corrected chi connectivity index (χ0v) is 9.17. The number of aliphatic imine (C=N–C) groups is 1. The molecule has 0 bridgehead atoms. The maximum Gasteiger partial charge on any atom is 0.323 e. The van der Waals surface area contributed by atoms with Gasteiger partial charge in [0, 0.05) is 0 Å². The molecule has 6 heteroatoms. The second-order valence-corrected chi connectivity index (χ2v) is 3.04. The minimum absolute atomic E-state index is 0.172. The van der Waals surface area contributed by atoms with Gasteiger partial charge in [0.15, 0.2) is 0 Å². The fraction of sp³-hybridized carbons (Fsp3) is 0.300. The summed E-state index contributed by atoms with van der Waals surface area (Å²) < 4.78 is 4.86. The van der Waals surface area contributed by atoms with Crippen molar-refractivity contribution in [1.82, 2.24) is 5.27 Å². The zero-order valence-electron chi connectivity index (χ0n) is 9.17. The summed E-state index contributed by atoms with van der Waals surface area (Å²) in [5.41, 5.74) is 0. The lowest BCUT2D eigenvalue weighted by Crippen LogP contribution is -2.58. The van der Waals surface area contributed by atoms with E-state index in [0.29, 0.717) is 13.1 Å². The van der Waals surface area contributed by atoms with E-state index in [-0.39, 0.29) is 11.8 Å². The van der Waals surface area contributed by atoms with Crippen molar-refractivity contribution in [2.45, 2.75) is 6.92 Å². The molecule has 0 radical (unpaired) electrons. The molecule has 1 aromatic rings. The Bertz CT molecular complexity index is 383. The van der Waals surface area contributed by atoms with Crippen molar-refractivity contribution in [1.29, 1.82) is 0 Å². The van der Waals surface area contributed by atoms with Crippen LogP contribution < -0.4 is 14.9 Å². The maximum atomic E-state index is 10.7. The first kappa shape index (κ1) is 12.0. The highest BCUT2D eigenvalue weighted by molar-refractivity contribution is 5.70. The first-order valence-corrected chi connectivity index (χ1v) is 4.75. The summed E-state index contributed by atoms with van der Waals surface area (Å²) in [6.45, 7) is 9.79. The van der Waals surface area contributed by atoms with Gasteiger partial charge in [0.2, 0.25) is 5.27 Å². The number of nitrogens with zero attached hydrogens (tertiary/aromatic N) is 4. The number of hydrogen-bond donors (Lipinski definition) is 0. The molecule has 0 N–H and O–H groups in total. The van der Waals surface area contributed by atoms with Gasteiger partial charge in [-0.25, -0.2) is 4.99 Å². The SMILES string of the molecule is C=CCN(CC=C)[n+]1cc(N=C(C)[O-])on1. The molecular formula is C10H14N4O2. The fourth-order valence-electron chi connectivity index (χ4n) is 1.11. The second-order valence-electron chi connectivity index (χ2n) is 3.04. The van der Waals surface area contributed by atoms with Gasteiger partial charge in [-0.05, 0) is 12.8 Å². The van der Waals surface area contributed by atoms with Gasteiger partial charge in [0.25, 0.3) is 6.20 Å². The van der Waals surface area contributed by atoms with Crippen molar-refractivity contribution in [2.75, 3.05) is 18.1 Å². The summed E-state index contributed by atoms with van der Waals surface area (Å²) in [7, 11) is 0. The van der Waals surface area contributed by atoms with Crippen molar-refractivity contribution in [2.24, 2.45) is 4.99 Å². The molecule has 0 spiro atoms. The lowest BCUT2D eigenvalue weighted by Gasteiger charge is -2.07. The number of rotatable bonds is 6. The molecule has 0 atom stereocenters. The number of hydrogen-bond acceptors (Lipinski definition) is 5. The lowest BCUT2D eigenvalue weighted by atomic mass is 10.5. The van der Waals surface area contributed by atoms with Crippen LogP contribution >= 0.6 is 0 Å². The van der Waals surface area contributed by atoms with Gasteiger partial charge >= 0.3 is 5.88 Å². The smallest absolute Gasteiger partial charge is 0.323 e. The van der Waals surface area contributed by atoms with E-state index < -0.39 is 0 Å². The van der Waals surface area contributed by atoms with Crippen LogP contribution in [0.1, 0.15) is 6.92 Å². The van der Waals surface area contributed by atoms with Crippen LogP contribution in [0.15, 0.2) is 41.0 Å². The van der Waals surface area contributed by atoms with Crippen LogP contribution in [0.2, 0.25) is 0 Å². The second kappa shape index (κ2) is 5.69. The summed E-state index contributed by atoms with van der Waals surface area (Å²) in [6, 6.07) is 0. The average molecular weight is 222 g/mol. The minimum atomic E-state index is -0.331. The van der Waals surface area contributed by atoms with E-state index in [1.54, 1.807) is 12.2 Å². The molecule has 0 saturated heterocycles. The normalized spacial score (nSPS) is 11.2. The fourth-order valence-corrected chi connectivity index (χ4v) is 1.11. The molecular weight excluding hydrogens is 208 g/mol. The summed E-state index contributed by atoms with van der Waals surface area (Å²) >= 11 is 0. The summed E-state index contributed by atoms with van der Waals surface area (Å²) in [5.74, 6) is -0.159. The first-order chi connectivity index (χ1) is 7.67. The van der Waals surface area contributed by atoms with Crippen molar-refractivity contribution in [3.8, 4) is 0 Å². The molecule has 0 aliphatic rings. The average Bonchev–Trinajstić information content (AvgIpc) is 2.65. The van der Waals surface area contributed by atoms with Crippen LogP contribution in [0.5, 0.6) is 0 Å². The molecule has 0 amide bonds. The molecule has 1 heterocycles. The zero-order chi connectivity index (χ0) is 12.0. The Morgan fingerprint density at radius 2 is 2.25 bits per heavy atom. The summed E-state index contributed by atoms with van der Waals surface area (Å²) in [4.78, 5) is 5.08. The molecule has 1 aromatic heterocycles. The standard InChI is InChI=1S/C10H14N4O2/c1-4-6-13(7-5-2)14-8-10(16-12-14)11-9(3)15/h4-5,8H,1-2,6-7H2,3H3. The summed E-state index contributed by atoms with van der Waals surface area (Å²) in [6.07, 6.45) is 4.98. The van der Waals surface area contributed by atoms with Crippen LogP contribution in [0.3, 0.4) is 0 Å². The molecule has 0 aliphatic heterocycles. The lowest BCUT2D eigenvalue weighted by molar-refractivity contribution is -0.756. The molecule has 16 heavy (non-hydrogen) atoms. The highest BCUT2D eigenvalue weighted by Gasteiger charge is 2.17. The van der Waals surface area contributed by atoms with Crippen molar-refractivity contribution >= 4 is 11.8 Å². The predicted octanol–water partition coefficient (Wildman–Crippen LogP) is -0.318. The Morgan fingerprint density at radius 1 is 1.62 bits per heavy atom. The van der Waals surface area contributed by atoms with Gasteiger partial charge in [-0.15, -0.1) is 18.2 Å². The largest absolute Gasteiger partial charge is 0.862 e. The Balaban J connectivity index is 2.84. The Labute approximate surface area is 93.8 Å². The van der Waals surface area contributed by atoms with Crippen LogP contribution in [-0.2, 0) is 0 Å². The van der Waals surface area contributed by atoms with Crippen LogP contribution in [0.25, 0.3) is 0 Å². The van der Waals surface area contributed by atoms with Crippen molar-refractivity contribution < 1.29 is 14.4 Å². The third kappa shape index (κ3) is 3.23. The molecule has 6 nitrogen and oxygen atoms in total. The van der Waals surface area contributed by atoms with E-state index >= 15 is 0 Å². The predicted molar refractivity (Wildman–Crippen MR) is 57.8 cm³/mol. The van der Waals surface area contributed by atoms with Gasteiger partial charge in [-0.1, -0.05) is 12.2 Å². The van der Waals surface area contributed by atoms with E-state index in [0.717, 1.165) is 0 Å². The number of aromatic nitrogens is 2. The molecule has 0 aromatic carbocycles. The molecule has 0 aliphatic carbocycles. The van der Waals surface area contributed by atoms with Gasteiger partial charge in [0.05, 0.1) is 17.9 Å². The van der Waals surface area contributed by atoms with Gasteiger partial charge in [0.1, 0.15) is 0 Å². The molecule has 0 saturated carbocycles. The van der Waals surface area contributed by atoms with Gasteiger partial charge in [-0.3, -0.25) is 4.52 Å². The monoisotopic (exact) mass is 222 g/mol. The van der Waals surface area contributed by atoms with E-state index in [9.17, 15) is 5.11 Å². The van der Waals surface area contributed by atoms with Gasteiger partial charge in [-0.2, -0.15) is 0 Å². The summed E-state index contributed by atoms with van der Waals surface area (Å²) in [5, 5.41) is 16.3. The Hall–Kier alpha value is -2.11. The van der Waals surface area contributed by atoms with Crippen LogP contribution in [0, 0.1) is 0 Å². The third-order valence-corrected chi connectivity index (χ3v) is 1.68. The Morgan fingerprint density at radius 3 is 2.75 bits per heavy atom. The Kier molecular flexibility index (Phi) is 4.26. The highest BCUT2D eigenvalue weighted by Crippen LogP contribution is 2.05. The quantitative estimate of drug-likeness (QED) is 0.286. The maximum absolute atomic E-state index is 10.7. The van der Waals surface area contributed by atoms with Crippen molar-refractivity contribution in [3.63, 3.8) is 0 Å². The van der Waals surface area contributed by atoms with E-state index in [2.05, 4.69) is 23.4 Å². The van der Waals surface area contributed by atoms with Crippen LogP contribution in [0.4, 0.5) is 5.88 Å². The first-order valence-electron chi connectivity index (χ1n) is 4.75. The third-order valence-electron chi connectivity index (χ3n) is 1.68. The molecule has 0 fully saturated rings. The van der Waals surface area contributed by atoms with Gasteiger partial charge < -0.3 is 5.11 Å². The van der Waals surface area contributed by atoms with Crippen LogP contribution in [-0.4, -0.2) is 24.3 Å². The molecule has 86 valence electrons. The van der Waals surface area contributed by atoms with E-state index in [1.807, 2.05) is 5.01 Å². The topological polar surface area (TPSA) is 68.6 Å². The highest BCUT2D eigenvalue weighted by atomic mass is 16.5. The van der Waals surface area contributed by atoms with E-state index in [4.69, 9.17) is 4.52 Å². The van der Waals surface area contributed by atoms with E-state index in [1.165, 1.54) is 17.9 Å².